The van der Waals surface area contributed by atoms with Crippen LogP contribution in [0.4, 0.5) is 5.69 Å². The molecular weight excluding hydrogens is 252 g/mol. The third-order valence-corrected chi connectivity index (χ3v) is 2.83. The van der Waals surface area contributed by atoms with Gasteiger partial charge in [-0.15, -0.1) is 11.6 Å². The highest BCUT2D eigenvalue weighted by Crippen LogP contribution is 2.32. The molecule has 4 nitrogen and oxygen atoms in total. The Morgan fingerprint density at radius 1 is 1.17 bits per heavy atom. The van der Waals surface area contributed by atoms with Gasteiger partial charge in [0.1, 0.15) is 5.69 Å². The first-order chi connectivity index (χ1) is 8.72. The van der Waals surface area contributed by atoms with E-state index in [4.69, 9.17) is 11.6 Å². The van der Waals surface area contributed by atoms with E-state index < -0.39 is 0 Å². The molecular formula is C13H15ClN2O2. The lowest BCUT2D eigenvalue weighted by Crippen LogP contribution is -2.02. The number of anilines is 1. The monoisotopic (exact) mass is 266 g/mol. The summed E-state index contributed by atoms with van der Waals surface area (Å²) in [7, 11) is 0. The van der Waals surface area contributed by atoms with Crippen LogP contribution in [0.1, 0.15) is 5.56 Å². The predicted molar refractivity (Wildman–Crippen MR) is 72.5 cm³/mol. The molecule has 18 heavy (non-hydrogen) atoms. The number of alkyl halides is 1. The molecule has 0 radical (unpaired) electrons. The first kappa shape index (κ1) is 12.6. The van der Waals surface area contributed by atoms with Crippen molar-refractivity contribution in [2.75, 3.05) is 17.7 Å². The smallest absolute Gasteiger partial charge is 0.218 e. The maximum Gasteiger partial charge on any atom is 0.218 e. The van der Waals surface area contributed by atoms with Gasteiger partial charge in [0.25, 0.3) is 0 Å². The zero-order valence-electron chi connectivity index (χ0n) is 9.81. The number of nitrogens with one attached hydrogen (secondary N) is 1. The number of halogens is 1. The van der Waals surface area contributed by atoms with Gasteiger partial charge in [0.2, 0.25) is 5.88 Å². The van der Waals surface area contributed by atoms with Crippen LogP contribution >= 0.6 is 11.6 Å². The Morgan fingerprint density at radius 3 is 2.56 bits per heavy atom. The van der Waals surface area contributed by atoms with Crippen LogP contribution in [-0.2, 0) is 6.54 Å². The van der Waals surface area contributed by atoms with Crippen molar-refractivity contribution in [2.24, 2.45) is 0 Å². The fourth-order valence-corrected chi connectivity index (χ4v) is 1.85. The summed E-state index contributed by atoms with van der Waals surface area (Å²) in [5, 5.41) is 22.7. The van der Waals surface area contributed by atoms with Gasteiger partial charge in [-0.25, -0.2) is 0 Å². The minimum atomic E-state index is 0.0152. The summed E-state index contributed by atoms with van der Waals surface area (Å²) >= 11 is 5.57. The third-order valence-electron chi connectivity index (χ3n) is 2.64. The van der Waals surface area contributed by atoms with Crippen molar-refractivity contribution in [2.45, 2.75) is 6.54 Å². The van der Waals surface area contributed by atoms with Crippen LogP contribution in [0, 0.1) is 0 Å². The van der Waals surface area contributed by atoms with E-state index in [1.54, 1.807) is 0 Å². The Balaban J connectivity index is 2.20. The zero-order chi connectivity index (χ0) is 13.0. The molecule has 0 fully saturated rings. The van der Waals surface area contributed by atoms with Gasteiger partial charge in [-0.2, -0.15) is 0 Å². The van der Waals surface area contributed by atoms with E-state index in [0.717, 1.165) is 5.56 Å². The second-order valence-corrected chi connectivity index (χ2v) is 4.31. The number of aromatic nitrogens is 1. The fraction of sp³-hybridized carbons (Fsp3) is 0.231. The lowest BCUT2D eigenvalue weighted by atomic mass is 10.2. The van der Waals surface area contributed by atoms with Crippen molar-refractivity contribution in [3.05, 3.63) is 42.0 Å². The van der Waals surface area contributed by atoms with Crippen molar-refractivity contribution < 1.29 is 10.2 Å². The van der Waals surface area contributed by atoms with E-state index in [-0.39, 0.29) is 11.8 Å². The summed E-state index contributed by atoms with van der Waals surface area (Å²) in [6.45, 7) is 0.949. The molecule has 0 aliphatic heterocycles. The molecule has 2 rings (SSSR count). The quantitative estimate of drug-likeness (QED) is 0.729. The van der Waals surface area contributed by atoms with Crippen molar-refractivity contribution in [1.82, 2.24) is 4.57 Å². The highest BCUT2D eigenvalue weighted by Gasteiger charge is 2.13. The van der Waals surface area contributed by atoms with Gasteiger partial charge in [0, 0.05) is 18.5 Å². The molecule has 1 aromatic carbocycles. The number of aromatic hydroxyl groups is 2. The molecule has 5 heteroatoms. The Bertz CT molecular complexity index is 511. The maximum absolute atomic E-state index is 9.99. The third kappa shape index (κ3) is 2.71. The topological polar surface area (TPSA) is 57.4 Å². The van der Waals surface area contributed by atoms with Gasteiger partial charge in [-0.1, -0.05) is 30.3 Å². The summed E-state index contributed by atoms with van der Waals surface area (Å²) in [4.78, 5) is 0. The lowest BCUT2D eigenvalue weighted by Gasteiger charge is -2.07. The van der Waals surface area contributed by atoms with E-state index in [2.05, 4.69) is 5.32 Å². The zero-order valence-corrected chi connectivity index (χ0v) is 10.6. The molecule has 0 saturated heterocycles. The Labute approximate surface area is 110 Å². The van der Waals surface area contributed by atoms with Crippen LogP contribution in [-0.4, -0.2) is 27.2 Å². The normalized spacial score (nSPS) is 10.5. The van der Waals surface area contributed by atoms with E-state index >= 15 is 0 Å². The van der Waals surface area contributed by atoms with E-state index in [0.29, 0.717) is 24.7 Å². The van der Waals surface area contributed by atoms with Crippen LogP contribution in [0.25, 0.3) is 0 Å². The molecule has 0 atom stereocenters. The number of rotatable bonds is 5. The molecule has 2 aromatic rings. The Kier molecular flexibility index (Phi) is 3.99. The average Bonchev–Trinajstić information content (AvgIpc) is 2.65. The van der Waals surface area contributed by atoms with Crippen LogP contribution in [0.15, 0.2) is 36.4 Å². The van der Waals surface area contributed by atoms with Crippen molar-refractivity contribution >= 4 is 17.3 Å². The number of hydrogen-bond donors (Lipinski definition) is 3. The standard InChI is InChI=1S/C13H15ClN2O2/c14-6-7-15-11-8-12(17)16(13(11)18)9-10-4-2-1-3-5-10/h1-5,8,15,17-18H,6-7,9H2. The van der Waals surface area contributed by atoms with Crippen LogP contribution < -0.4 is 5.32 Å². The van der Waals surface area contributed by atoms with Gasteiger partial charge >= 0.3 is 0 Å². The van der Waals surface area contributed by atoms with Gasteiger partial charge in [-0.05, 0) is 5.56 Å². The van der Waals surface area contributed by atoms with Gasteiger partial charge < -0.3 is 15.5 Å². The first-order valence-electron chi connectivity index (χ1n) is 5.67. The molecule has 96 valence electrons. The summed E-state index contributed by atoms with van der Waals surface area (Å²) in [5.41, 5.74) is 1.49. The lowest BCUT2D eigenvalue weighted by molar-refractivity contribution is 0.378. The molecule has 3 N–H and O–H groups in total. The van der Waals surface area contributed by atoms with Crippen molar-refractivity contribution in [1.29, 1.82) is 0 Å². The molecule has 0 aliphatic rings. The predicted octanol–water partition coefficient (Wildman–Crippen LogP) is 2.60. The molecule has 1 aromatic heterocycles. The molecule has 0 aliphatic carbocycles. The average molecular weight is 267 g/mol. The summed E-state index contributed by atoms with van der Waals surface area (Å²) in [6.07, 6.45) is 0. The van der Waals surface area contributed by atoms with Gasteiger partial charge in [0.05, 0.1) is 6.54 Å². The number of hydrogen-bond acceptors (Lipinski definition) is 3. The van der Waals surface area contributed by atoms with Crippen LogP contribution in [0.3, 0.4) is 0 Å². The summed E-state index contributed by atoms with van der Waals surface area (Å²) < 4.78 is 1.44. The minimum Gasteiger partial charge on any atom is -0.494 e. The molecule has 1 heterocycles. The SMILES string of the molecule is Oc1cc(NCCCl)c(O)n1Cc1ccccc1. The molecule has 0 amide bonds. The maximum atomic E-state index is 9.99. The minimum absolute atomic E-state index is 0.0152. The molecule has 0 spiro atoms. The van der Waals surface area contributed by atoms with Crippen LogP contribution in [0.2, 0.25) is 0 Å². The second-order valence-electron chi connectivity index (χ2n) is 3.93. The first-order valence-corrected chi connectivity index (χ1v) is 6.21. The molecule has 0 unspecified atom stereocenters. The van der Waals surface area contributed by atoms with Crippen molar-refractivity contribution in [3.8, 4) is 11.8 Å². The van der Waals surface area contributed by atoms with Crippen molar-refractivity contribution in [3.63, 3.8) is 0 Å². The highest BCUT2D eigenvalue weighted by molar-refractivity contribution is 6.18. The number of benzene rings is 1. The van der Waals surface area contributed by atoms with E-state index in [1.807, 2.05) is 30.3 Å². The van der Waals surface area contributed by atoms with E-state index in [1.165, 1.54) is 10.6 Å². The Hall–Kier alpha value is -1.81. The van der Waals surface area contributed by atoms with Gasteiger partial charge in [-0.3, -0.25) is 4.57 Å². The number of nitrogens with zero attached hydrogens (tertiary/aromatic N) is 1. The largest absolute Gasteiger partial charge is 0.494 e. The molecule has 0 saturated carbocycles. The Morgan fingerprint density at radius 2 is 1.89 bits per heavy atom. The van der Waals surface area contributed by atoms with E-state index in [9.17, 15) is 10.2 Å². The van der Waals surface area contributed by atoms with Gasteiger partial charge in [0.15, 0.2) is 5.88 Å². The van der Waals surface area contributed by atoms with Crippen LogP contribution in [0.5, 0.6) is 11.8 Å². The highest BCUT2D eigenvalue weighted by atomic mass is 35.5. The molecule has 0 bridgehead atoms. The summed E-state index contributed by atoms with van der Waals surface area (Å²) in [5.74, 6) is 0.472. The second kappa shape index (κ2) is 5.69. The fourth-order valence-electron chi connectivity index (χ4n) is 1.76. The summed E-state index contributed by atoms with van der Waals surface area (Å²) in [6, 6.07) is 11.1.